The van der Waals surface area contributed by atoms with Crippen LogP contribution in [0, 0.1) is 0 Å². The first-order valence-corrected chi connectivity index (χ1v) is 8.25. The van der Waals surface area contributed by atoms with Gasteiger partial charge in [-0.05, 0) is 38.8 Å². The van der Waals surface area contributed by atoms with Crippen molar-refractivity contribution in [2.75, 3.05) is 0 Å². The van der Waals surface area contributed by atoms with Gasteiger partial charge in [0, 0.05) is 0 Å². The van der Waals surface area contributed by atoms with E-state index in [1.54, 1.807) is 20.8 Å². The number of hydrogen-bond donors (Lipinski definition) is 2. The van der Waals surface area contributed by atoms with E-state index in [-0.39, 0.29) is 0 Å². The highest BCUT2D eigenvalue weighted by Gasteiger charge is 2.19. The van der Waals surface area contributed by atoms with Gasteiger partial charge < -0.3 is 10.1 Å². The van der Waals surface area contributed by atoms with Gasteiger partial charge in [0.15, 0.2) is 0 Å². The third kappa shape index (κ3) is 8.43. The lowest BCUT2D eigenvalue weighted by Crippen LogP contribution is -2.39. The van der Waals surface area contributed by atoms with E-state index in [0.717, 1.165) is 5.56 Å². The summed E-state index contributed by atoms with van der Waals surface area (Å²) in [4.78, 5) is 11.8. The maximum atomic E-state index is 11.8. The molecule has 6 nitrogen and oxygen atoms in total. The van der Waals surface area contributed by atoms with Crippen molar-refractivity contribution in [3.05, 3.63) is 47.4 Å². The standard InChI is InChI=1S/C15H21NO5S/c1-15(2,3)21-14(17)16-13(9-10-22(18,19)20)11-12-7-5-4-6-8-12/h4-10,13H,11H2,1-3H3,(H,16,17)(H,18,19,20)/b10-9+. The molecule has 0 aliphatic rings. The number of hydrogen-bond acceptors (Lipinski definition) is 4. The molecule has 7 heteroatoms. The molecule has 1 unspecified atom stereocenters. The van der Waals surface area contributed by atoms with E-state index in [4.69, 9.17) is 9.29 Å². The zero-order valence-electron chi connectivity index (χ0n) is 12.8. The SMILES string of the molecule is CC(C)(C)OC(=O)NC(/C=C/S(=O)(=O)O)Cc1ccccc1. The Bertz CT molecular complexity index is 617. The summed E-state index contributed by atoms with van der Waals surface area (Å²) >= 11 is 0. The summed E-state index contributed by atoms with van der Waals surface area (Å²) in [5.74, 6) is 0. The smallest absolute Gasteiger partial charge is 0.408 e. The number of amides is 1. The van der Waals surface area contributed by atoms with Crippen molar-refractivity contribution in [2.24, 2.45) is 0 Å². The van der Waals surface area contributed by atoms with Crippen LogP contribution in [0.5, 0.6) is 0 Å². The van der Waals surface area contributed by atoms with Crippen LogP contribution in [0.4, 0.5) is 4.79 Å². The van der Waals surface area contributed by atoms with Crippen LogP contribution >= 0.6 is 0 Å². The van der Waals surface area contributed by atoms with Crippen LogP contribution in [-0.4, -0.2) is 30.7 Å². The van der Waals surface area contributed by atoms with Crippen LogP contribution in [0.25, 0.3) is 0 Å². The quantitative estimate of drug-likeness (QED) is 0.811. The zero-order valence-corrected chi connectivity index (χ0v) is 13.6. The van der Waals surface area contributed by atoms with Crippen LogP contribution in [0.3, 0.4) is 0 Å². The zero-order chi connectivity index (χ0) is 16.8. The minimum atomic E-state index is -4.26. The molecule has 1 aromatic carbocycles. The fraction of sp³-hybridized carbons (Fsp3) is 0.400. The average Bonchev–Trinajstić information content (AvgIpc) is 2.34. The number of carbonyl (C=O) groups excluding carboxylic acids is 1. The monoisotopic (exact) mass is 327 g/mol. The van der Waals surface area contributed by atoms with Gasteiger partial charge in [-0.2, -0.15) is 8.42 Å². The van der Waals surface area contributed by atoms with E-state index < -0.39 is 27.9 Å². The second-order valence-electron chi connectivity index (χ2n) is 5.79. The van der Waals surface area contributed by atoms with Gasteiger partial charge >= 0.3 is 6.09 Å². The first kappa shape index (κ1) is 18.2. The van der Waals surface area contributed by atoms with Crippen LogP contribution in [-0.2, 0) is 21.3 Å². The molecule has 0 heterocycles. The van der Waals surface area contributed by atoms with Gasteiger partial charge in [-0.25, -0.2) is 4.79 Å². The summed E-state index contributed by atoms with van der Waals surface area (Å²) in [6.45, 7) is 5.19. The van der Waals surface area contributed by atoms with Gasteiger partial charge in [0.2, 0.25) is 0 Å². The van der Waals surface area contributed by atoms with Crippen LogP contribution in [0.15, 0.2) is 41.8 Å². The van der Waals surface area contributed by atoms with Crippen molar-refractivity contribution < 1.29 is 22.5 Å². The molecule has 0 bridgehead atoms. The molecule has 0 aliphatic carbocycles. The Balaban J connectivity index is 2.82. The second-order valence-corrected chi connectivity index (χ2v) is 7.09. The normalized spacial score (nSPS) is 13.8. The van der Waals surface area contributed by atoms with Gasteiger partial charge in [0.05, 0.1) is 11.4 Å². The molecule has 0 aliphatic heterocycles. The second kappa shape index (κ2) is 7.42. The first-order chi connectivity index (χ1) is 10.1. The van der Waals surface area contributed by atoms with Crippen molar-refractivity contribution in [1.82, 2.24) is 5.32 Å². The highest BCUT2D eigenvalue weighted by Crippen LogP contribution is 2.09. The molecular formula is C15H21NO5S. The molecule has 2 N–H and O–H groups in total. The van der Waals surface area contributed by atoms with E-state index in [2.05, 4.69) is 5.32 Å². The van der Waals surface area contributed by atoms with Crippen LogP contribution < -0.4 is 5.32 Å². The van der Waals surface area contributed by atoms with E-state index in [0.29, 0.717) is 11.8 Å². The molecule has 1 amide bonds. The molecular weight excluding hydrogens is 306 g/mol. The van der Waals surface area contributed by atoms with Gasteiger partial charge in [-0.3, -0.25) is 4.55 Å². The number of alkyl carbamates (subject to hydrolysis) is 1. The highest BCUT2D eigenvalue weighted by atomic mass is 32.2. The Morgan fingerprint density at radius 1 is 1.32 bits per heavy atom. The fourth-order valence-electron chi connectivity index (χ4n) is 1.69. The van der Waals surface area contributed by atoms with E-state index >= 15 is 0 Å². The summed E-state index contributed by atoms with van der Waals surface area (Å²) in [7, 11) is -4.26. The van der Waals surface area contributed by atoms with Crippen molar-refractivity contribution in [1.29, 1.82) is 0 Å². The Morgan fingerprint density at radius 2 is 1.91 bits per heavy atom. The van der Waals surface area contributed by atoms with Gasteiger partial charge in [-0.15, -0.1) is 0 Å². The number of ether oxygens (including phenoxy) is 1. The molecule has 1 rings (SSSR count). The first-order valence-electron chi connectivity index (χ1n) is 6.74. The number of rotatable bonds is 5. The van der Waals surface area contributed by atoms with Gasteiger partial charge in [-0.1, -0.05) is 30.3 Å². The van der Waals surface area contributed by atoms with Gasteiger partial charge in [0.25, 0.3) is 10.1 Å². The minimum Gasteiger partial charge on any atom is -0.444 e. The number of carbonyl (C=O) groups is 1. The molecule has 0 saturated heterocycles. The predicted molar refractivity (Wildman–Crippen MR) is 84.0 cm³/mol. The van der Waals surface area contributed by atoms with Gasteiger partial charge in [0.1, 0.15) is 5.60 Å². The number of nitrogens with one attached hydrogen (secondary N) is 1. The van der Waals surface area contributed by atoms with E-state index in [9.17, 15) is 13.2 Å². The summed E-state index contributed by atoms with van der Waals surface area (Å²) in [5, 5.41) is 3.22. The molecule has 122 valence electrons. The van der Waals surface area contributed by atoms with Crippen LogP contribution in [0.2, 0.25) is 0 Å². The minimum absolute atomic E-state index is 0.367. The lowest BCUT2D eigenvalue weighted by atomic mass is 10.1. The lowest BCUT2D eigenvalue weighted by Gasteiger charge is -2.22. The predicted octanol–water partition coefficient (Wildman–Crippen LogP) is 2.52. The molecule has 22 heavy (non-hydrogen) atoms. The lowest BCUT2D eigenvalue weighted by molar-refractivity contribution is 0.0514. The molecule has 0 saturated carbocycles. The molecule has 1 atom stereocenters. The van der Waals surface area contributed by atoms with Crippen molar-refractivity contribution in [2.45, 2.75) is 38.8 Å². The maximum Gasteiger partial charge on any atom is 0.408 e. The Morgan fingerprint density at radius 3 is 2.41 bits per heavy atom. The van der Waals surface area contributed by atoms with E-state index in [1.807, 2.05) is 30.3 Å². The third-order valence-corrected chi connectivity index (χ3v) is 2.98. The Labute approximate surface area is 130 Å². The van der Waals surface area contributed by atoms with Crippen molar-refractivity contribution in [3.63, 3.8) is 0 Å². The Hall–Kier alpha value is -1.86. The highest BCUT2D eigenvalue weighted by molar-refractivity contribution is 7.88. The molecule has 0 aromatic heterocycles. The number of benzene rings is 1. The summed E-state index contributed by atoms with van der Waals surface area (Å²) in [5.41, 5.74) is 0.247. The average molecular weight is 327 g/mol. The largest absolute Gasteiger partial charge is 0.444 e. The molecule has 1 aromatic rings. The van der Waals surface area contributed by atoms with Crippen molar-refractivity contribution in [3.8, 4) is 0 Å². The molecule has 0 fully saturated rings. The summed E-state index contributed by atoms with van der Waals surface area (Å²) < 4.78 is 35.6. The van der Waals surface area contributed by atoms with Crippen LogP contribution in [0.1, 0.15) is 26.3 Å². The molecule has 0 spiro atoms. The summed E-state index contributed by atoms with van der Waals surface area (Å²) in [6, 6.07) is 8.61. The fourth-order valence-corrected chi connectivity index (χ4v) is 2.08. The summed E-state index contributed by atoms with van der Waals surface area (Å²) in [6.07, 6.45) is 0.923. The molecule has 0 radical (unpaired) electrons. The topological polar surface area (TPSA) is 92.7 Å². The van der Waals surface area contributed by atoms with E-state index in [1.165, 1.54) is 6.08 Å². The maximum absolute atomic E-state index is 11.8. The Kier molecular flexibility index (Phi) is 6.13. The third-order valence-electron chi connectivity index (χ3n) is 2.48. The van der Waals surface area contributed by atoms with Crippen molar-refractivity contribution >= 4 is 16.2 Å².